The number of nitrogens with two attached hydrogens (primary N) is 1. The van der Waals surface area contributed by atoms with Gasteiger partial charge in [-0.15, -0.1) is 0 Å². The normalized spacial score (nSPS) is 20.5. The van der Waals surface area contributed by atoms with Gasteiger partial charge >= 0.3 is 0 Å². The fraction of sp³-hybridized carbons (Fsp3) is 0.389. The number of primary amides is 1. The van der Waals surface area contributed by atoms with E-state index < -0.39 is 5.54 Å². The van der Waals surface area contributed by atoms with Gasteiger partial charge in [-0.25, -0.2) is 4.39 Å². The molecular weight excluding hydrogens is 307 g/mol. The molecule has 0 spiro atoms. The Hall–Kier alpha value is -2.34. The number of carbonyl (C=O) groups excluding carboxylic acids is 1. The number of amides is 1. The number of carbonyl (C=O) groups is 1. The van der Waals surface area contributed by atoms with Crippen LogP contribution in [-0.2, 0) is 17.8 Å². The van der Waals surface area contributed by atoms with Gasteiger partial charge in [0.1, 0.15) is 11.4 Å². The molecule has 2 heterocycles. The van der Waals surface area contributed by atoms with Crippen LogP contribution in [-0.4, -0.2) is 32.9 Å². The number of hydrogen-bond donors (Lipinski definition) is 1. The van der Waals surface area contributed by atoms with Crippen LogP contribution in [0, 0.1) is 5.82 Å². The molecule has 1 saturated heterocycles. The maximum Gasteiger partial charge on any atom is 0.238 e. The summed E-state index contributed by atoms with van der Waals surface area (Å²) in [6, 6.07) is 6.66. The fourth-order valence-electron chi connectivity index (χ4n) is 3.31. The number of halogens is 1. The third kappa shape index (κ3) is 3.28. The van der Waals surface area contributed by atoms with Gasteiger partial charge in [0.2, 0.25) is 5.91 Å². The molecule has 0 radical (unpaired) electrons. The molecule has 0 bridgehead atoms. The van der Waals surface area contributed by atoms with Gasteiger partial charge in [0.05, 0.1) is 5.69 Å². The molecule has 126 valence electrons. The third-order valence-electron chi connectivity index (χ3n) is 4.82. The Labute approximate surface area is 140 Å². The molecule has 1 aliphatic heterocycles. The van der Waals surface area contributed by atoms with Crippen molar-refractivity contribution in [2.45, 2.75) is 37.8 Å². The van der Waals surface area contributed by atoms with Crippen molar-refractivity contribution in [3.05, 3.63) is 59.9 Å². The SMILES string of the molecule is NC(=O)[C@@]1(CCCc2cnccn2)CCN1Cc1ccccc1F. The molecule has 0 aliphatic carbocycles. The molecule has 1 aromatic carbocycles. The van der Waals surface area contributed by atoms with E-state index in [1.807, 2.05) is 4.90 Å². The Morgan fingerprint density at radius 3 is 2.79 bits per heavy atom. The number of benzene rings is 1. The molecule has 1 aromatic heterocycles. The average molecular weight is 328 g/mol. The highest BCUT2D eigenvalue weighted by atomic mass is 19.1. The summed E-state index contributed by atoms with van der Waals surface area (Å²) in [6.45, 7) is 1.16. The smallest absolute Gasteiger partial charge is 0.238 e. The monoisotopic (exact) mass is 328 g/mol. The van der Waals surface area contributed by atoms with Gasteiger partial charge in [-0.2, -0.15) is 0 Å². The standard InChI is InChI=1S/C18H21FN4O/c19-16-6-2-1-4-14(16)13-23-11-8-18(23,17(20)24)7-3-5-15-12-21-9-10-22-15/h1-2,4,6,9-10,12H,3,5,7-8,11,13H2,(H2,20,24)/t18-/m1/s1. The van der Waals surface area contributed by atoms with E-state index in [4.69, 9.17) is 5.73 Å². The molecule has 0 saturated carbocycles. The first-order valence-corrected chi connectivity index (χ1v) is 8.15. The molecule has 0 unspecified atom stereocenters. The molecule has 6 heteroatoms. The molecule has 24 heavy (non-hydrogen) atoms. The van der Waals surface area contributed by atoms with Crippen molar-refractivity contribution < 1.29 is 9.18 Å². The molecule has 5 nitrogen and oxygen atoms in total. The van der Waals surface area contributed by atoms with Crippen molar-refractivity contribution in [2.24, 2.45) is 5.73 Å². The Morgan fingerprint density at radius 2 is 2.17 bits per heavy atom. The van der Waals surface area contributed by atoms with Crippen molar-refractivity contribution in [3.63, 3.8) is 0 Å². The van der Waals surface area contributed by atoms with Crippen LogP contribution < -0.4 is 5.73 Å². The van der Waals surface area contributed by atoms with Crippen molar-refractivity contribution >= 4 is 5.91 Å². The van der Waals surface area contributed by atoms with Crippen LogP contribution in [0.3, 0.4) is 0 Å². The molecule has 1 atom stereocenters. The zero-order chi connectivity index (χ0) is 17.0. The Morgan fingerprint density at radius 1 is 1.33 bits per heavy atom. The predicted molar refractivity (Wildman–Crippen MR) is 88.3 cm³/mol. The largest absolute Gasteiger partial charge is 0.368 e. The second-order valence-electron chi connectivity index (χ2n) is 6.21. The quantitative estimate of drug-likeness (QED) is 0.844. The van der Waals surface area contributed by atoms with Crippen molar-refractivity contribution in [3.8, 4) is 0 Å². The van der Waals surface area contributed by atoms with Gasteiger partial charge in [-0.3, -0.25) is 19.7 Å². The highest BCUT2D eigenvalue weighted by Crippen LogP contribution is 2.36. The number of rotatable bonds is 7. The molecule has 3 rings (SSSR count). The lowest BCUT2D eigenvalue weighted by Gasteiger charge is -2.51. The Balaban J connectivity index is 1.65. The average Bonchev–Trinajstić information content (AvgIpc) is 2.57. The first-order chi connectivity index (χ1) is 11.6. The maximum absolute atomic E-state index is 13.9. The van der Waals surface area contributed by atoms with E-state index in [1.165, 1.54) is 6.07 Å². The van der Waals surface area contributed by atoms with E-state index in [2.05, 4.69) is 9.97 Å². The summed E-state index contributed by atoms with van der Waals surface area (Å²) in [5.74, 6) is -0.577. The van der Waals surface area contributed by atoms with E-state index in [1.54, 1.807) is 36.8 Å². The van der Waals surface area contributed by atoms with E-state index in [0.29, 0.717) is 18.5 Å². The summed E-state index contributed by atoms with van der Waals surface area (Å²) in [5, 5.41) is 0. The van der Waals surface area contributed by atoms with E-state index in [9.17, 15) is 9.18 Å². The van der Waals surface area contributed by atoms with Gasteiger partial charge < -0.3 is 5.73 Å². The van der Waals surface area contributed by atoms with Gasteiger partial charge in [-0.05, 0) is 31.7 Å². The first-order valence-electron chi connectivity index (χ1n) is 8.15. The highest BCUT2D eigenvalue weighted by Gasteiger charge is 2.49. The maximum atomic E-state index is 13.9. The minimum Gasteiger partial charge on any atom is -0.368 e. The van der Waals surface area contributed by atoms with Crippen LogP contribution in [0.25, 0.3) is 0 Å². The summed E-state index contributed by atoms with van der Waals surface area (Å²) < 4.78 is 13.9. The van der Waals surface area contributed by atoms with Crippen LogP contribution in [0.15, 0.2) is 42.9 Å². The van der Waals surface area contributed by atoms with Crippen LogP contribution in [0.1, 0.15) is 30.5 Å². The summed E-state index contributed by atoms with van der Waals surface area (Å²) in [4.78, 5) is 22.4. The Kier molecular flexibility index (Phi) is 4.85. The van der Waals surface area contributed by atoms with Crippen LogP contribution in [0.5, 0.6) is 0 Å². The molecule has 2 aromatic rings. The second kappa shape index (κ2) is 7.05. The first kappa shape index (κ1) is 16.5. The number of aromatic nitrogens is 2. The van der Waals surface area contributed by atoms with E-state index >= 15 is 0 Å². The third-order valence-corrected chi connectivity index (χ3v) is 4.82. The van der Waals surface area contributed by atoms with Gasteiger partial charge in [0.25, 0.3) is 0 Å². The summed E-state index contributed by atoms with van der Waals surface area (Å²) >= 11 is 0. The van der Waals surface area contributed by atoms with E-state index in [-0.39, 0.29) is 11.7 Å². The predicted octanol–water partition coefficient (Wildman–Crippen LogP) is 2.07. The van der Waals surface area contributed by atoms with Gasteiger partial charge in [-0.1, -0.05) is 18.2 Å². The Bertz CT molecular complexity index is 709. The van der Waals surface area contributed by atoms with Crippen molar-refractivity contribution in [2.75, 3.05) is 6.54 Å². The molecule has 1 amide bonds. The van der Waals surface area contributed by atoms with Crippen LogP contribution >= 0.6 is 0 Å². The summed E-state index contributed by atoms with van der Waals surface area (Å²) in [7, 11) is 0. The molecule has 1 fully saturated rings. The number of nitrogens with zero attached hydrogens (tertiary/aromatic N) is 3. The minimum absolute atomic E-state index is 0.248. The topological polar surface area (TPSA) is 72.1 Å². The molecule has 1 aliphatic rings. The van der Waals surface area contributed by atoms with Crippen LogP contribution in [0.2, 0.25) is 0 Å². The van der Waals surface area contributed by atoms with Crippen molar-refractivity contribution in [1.29, 1.82) is 0 Å². The lowest BCUT2D eigenvalue weighted by molar-refractivity contribution is -0.141. The molecular formula is C18H21FN4O. The zero-order valence-corrected chi connectivity index (χ0v) is 13.5. The summed E-state index contributed by atoms with van der Waals surface area (Å²) in [5.41, 5.74) is 6.51. The number of aryl methyl sites for hydroxylation is 1. The number of hydrogen-bond acceptors (Lipinski definition) is 4. The summed E-state index contributed by atoms with van der Waals surface area (Å²) in [6.07, 6.45) is 7.93. The molecule has 2 N–H and O–H groups in total. The van der Waals surface area contributed by atoms with Gasteiger partial charge in [0, 0.05) is 37.2 Å². The number of likely N-dealkylation sites (tertiary alicyclic amines) is 1. The lowest BCUT2D eigenvalue weighted by Crippen LogP contribution is -2.66. The van der Waals surface area contributed by atoms with Crippen molar-refractivity contribution in [1.82, 2.24) is 14.9 Å². The van der Waals surface area contributed by atoms with E-state index in [0.717, 1.165) is 31.5 Å². The van der Waals surface area contributed by atoms with Gasteiger partial charge in [0.15, 0.2) is 0 Å². The lowest BCUT2D eigenvalue weighted by atomic mass is 9.79. The van der Waals surface area contributed by atoms with Crippen LogP contribution in [0.4, 0.5) is 4.39 Å². The zero-order valence-electron chi connectivity index (χ0n) is 13.5. The second-order valence-corrected chi connectivity index (χ2v) is 6.21. The fourth-order valence-corrected chi connectivity index (χ4v) is 3.31. The highest BCUT2D eigenvalue weighted by molar-refractivity contribution is 5.85. The minimum atomic E-state index is -0.676.